The molecule has 35 heavy (non-hydrogen) atoms. The lowest BCUT2D eigenvalue weighted by Crippen LogP contribution is -2.42. The van der Waals surface area contributed by atoms with E-state index in [1.807, 2.05) is 0 Å². The number of anilines is 1. The van der Waals surface area contributed by atoms with Crippen molar-refractivity contribution in [3.05, 3.63) is 53.2 Å². The predicted octanol–water partition coefficient (Wildman–Crippen LogP) is 3.26. The zero-order valence-electron chi connectivity index (χ0n) is 19.2. The molecule has 188 valence electrons. The molecule has 0 bridgehead atoms. The molecule has 1 atom stereocenters. The van der Waals surface area contributed by atoms with Gasteiger partial charge < -0.3 is 20.1 Å². The molecule has 1 saturated heterocycles. The molecule has 12 heteroatoms. The van der Waals surface area contributed by atoms with Crippen molar-refractivity contribution in [2.24, 2.45) is 5.92 Å². The summed E-state index contributed by atoms with van der Waals surface area (Å²) in [5.41, 5.74) is -0.160. The van der Waals surface area contributed by atoms with Gasteiger partial charge in [-0.2, -0.15) is 13.8 Å². The summed E-state index contributed by atoms with van der Waals surface area (Å²) >= 11 is 0. The van der Waals surface area contributed by atoms with Gasteiger partial charge in [-0.25, -0.2) is 13.4 Å². The van der Waals surface area contributed by atoms with Crippen LogP contribution < -0.4 is 15.4 Å². The van der Waals surface area contributed by atoms with Crippen molar-refractivity contribution >= 4 is 21.6 Å². The number of hydrogen-bond donors (Lipinski definition) is 2. The van der Waals surface area contributed by atoms with Crippen molar-refractivity contribution in [2.75, 3.05) is 24.8 Å². The predicted molar refractivity (Wildman–Crippen MR) is 124 cm³/mol. The maximum Gasteiger partial charge on any atom is 0.304 e. The Balaban J connectivity index is 1.75. The second-order valence-corrected chi connectivity index (χ2v) is 10.7. The van der Waals surface area contributed by atoms with Gasteiger partial charge in [0.05, 0.1) is 25.3 Å². The lowest BCUT2D eigenvalue weighted by atomic mass is 10.1. The highest BCUT2D eigenvalue weighted by atomic mass is 32.2. The summed E-state index contributed by atoms with van der Waals surface area (Å²) < 4.78 is 62.7. The average Bonchev–Trinajstić information content (AvgIpc) is 3.58. The maximum atomic E-state index is 14.3. The van der Waals surface area contributed by atoms with Crippen LogP contribution in [0.3, 0.4) is 0 Å². The Labute approximate surface area is 201 Å². The van der Waals surface area contributed by atoms with Gasteiger partial charge in [0.1, 0.15) is 17.1 Å². The summed E-state index contributed by atoms with van der Waals surface area (Å²) in [4.78, 5) is 21.3. The van der Waals surface area contributed by atoms with Gasteiger partial charge in [-0.05, 0) is 30.9 Å². The van der Waals surface area contributed by atoms with Gasteiger partial charge in [0, 0.05) is 18.6 Å². The van der Waals surface area contributed by atoms with Gasteiger partial charge in [-0.15, -0.1) is 0 Å². The number of carbonyl (C=O) groups is 1. The van der Waals surface area contributed by atoms with Crippen LogP contribution in [0.1, 0.15) is 35.9 Å². The highest BCUT2D eigenvalue weighted by molar-refractivity contribution is 7.93. The number of benzene rings is 1. The fourth-order valence-corrected chi connectivity index (χ4v) is 3.82. The first kappa shape index (κ1) is 25.0. The number of alkyl halides is 2. The summed E-state index contributed by atoms with van der Waals surface area (Å²) in [5.74, 6) is -4.99. The third-order valence-corrected chi connectivity index (χ3v) is 6.04. The summed E-state index contributed by atoms with van der Waals surface area (Å²) in [7, 11) is -3.41. The van der Waals surface area contributed by atoms with Gasteiger partial charge in [-0.3, -0.25) is 4.79 Å². The molecule has 1 aromatic carbocycles. The number of nitrogens with zero attached hydrogens (tertiary/aromatic N) is 2. The minimum atomic E-state index is -3.41. The molecule has 9 nitrogen and oxygen atoms in total. The van der Waals surface area contributed by atoms with Crippen molar-refractivity contribution in [2.45, 2.75) is 37.8 Å². The number of amides is 1. The van der Waals surface area contributed by atoms with Gasteiger partial charge in [0.25, 0.3) is 5.91 Å². The molecular weight excluding hydrogens is 482 g/mol. The van der Waals surface area contributed by atoms with Crippen molar-refractivity contribution in [1.29, 1.82) is 0 Å². The molecule has 0 spiro atoms. The van der Waals surface area contributed by atoms with Crippen molar-refractivity contribution < 1.29 is 31.5 Å². The number of carbonyl (C=O) groups excluding carboxylic acids is 1. The highest BCUT2D eigenvalue weighted by Gasteiger charge is 2.36. The molecule has 1 amide bonds. The zero-order chi connectivity index (χ0) is 25.2. The third-order valence-electron chi connectivity index (χ3n) is 5.39. The molecule has 0 unspecified atom stereocenters. The van der Waals surface area contributed by atoms with E-state index in [-0.39, 0.29) is 29.2 Å². The summed E-state index contributed by atoms with van der Waals surface area (Å²) in [6.45, 7) is 1.29. The summed E-state index contributed by atoms with van der Waals surface area (Å²) in [6, 6.07) is 7.53. The molecule has 2 heterocycles. The monoisotopic (exact) mass is 508 g/mol. The minimum absolute atomic E-state index is 0.0621. The van der Waals surface area contributed by atoms with E-state index in [4.69, 9.17) is 9.47 Å². The van der Waals surface area contributed by atoms with Crippen LogP contribution in [0.2, 0.25) is 0 Å². The molecule has 0 radical (unpaired) electrons. The molecule has 1 aliphatic heterocycles. The molecule has 2 fully saturated rings. The SMILES string of the molecule is CC(F)(F)c1nc(NC2COC2)c(C(=O)N[C@H](/C=C/S(C)(=O)=O)C2CC2)c(Oc2ccccc2)n1. The lowest BCUT2D eigenvalue weighted by Gasteiger charge is -2.29. The molecule has 2 N–H and O–H groups in total. The van der Waals surface area contributed by atoms with Gasteiger partial charge >= 0.3 is 5.92 Å². The summed E-state index contributed by atoms with van der Waals surface area (Å²) in [6.07, 6.45) is 4.11. The second-order valence-electron chi connectivity index (χ2n) is 8.75. The molecule has 1 aromatic heterocycles. The van der Waals surface area contributed by atoms with E-state index in [9.17, 15) is 22.0 Å². The fraction of sp³-hybridized carbons (Fsp3) is 0.435. The van der Waals surface area contributed by atoms with Gasteiger partial charge in [0.2, 0.25) is 11.7 Å². The van der Waals surface area contributed by atoms with Gasteiger partial charge in [0.15, 0.2) is 9.84 Å². The van der Waals surface area contributed by atoms with Crippen LogP contribution in [0.4, 0.5) is 14.6 Å². The molecule has 4 rings (SSSR count). The first-order valence-corrected chi connectivity index (χ1v) is 13.0. The van der Waals surface area contributed by atoms with E-state index in [0.29, 0.717) is 25.9 Å². The van der Waals surface area contributed by atoms with E-state index in [0.717, 1.165) is 24.5 Å². The van der Waals surface area contributed by atoms with Crippen LogP contribution in [0.5, 0.6) is 11.6 Å². The number of ether oxygens (including phenoxy) is 2. The fourth-order valence-electron chi connectivity index (χ4n) is 3.36. The number of rotatable bonds is 10. The van der Waals surface area contributed by atoms with E-state index >= 15 is 0 Å². The Morgan fingerprint density at radius 3 is 2.46 bits per heavy atom. The first-order chi connectivity index (χ1) is 16.5. The van der Waals surface area contributed by atoms with Crippen molar-refractivity contribution in [3.63, 3.8) is 0 Å². The number of halogens is 2. The molecule has 2 aromatic rings. The Kier molecular flexibility index (Phi) is 7.04. The van der Waals surface area contributed by atoms with Gasteiger partial charge in [-0.1, -0.05) is 24.3 Å². The number of hydrogen-bond acceptors (Lipinski definition) is 8. The number of sulfone groups is 1. The highest BCUT2D eigenvalue weighted by Crippen LogP contribution is 2.36. The van der Waals surface area contributed by atoms with Crippen molar-refractivity contribution in [1.82, 2.24) is 15.3 Å². The first-order valence-electron chi connectivity index (χ1n) is 11.1. The minimum Gasteiger partial charge on any atom is -0.438 e. The maximum absolute atomic E-state index is 14.3. The number of para-hydroxylation sites is 1. The molecular formula is C23H26F2N4O5S. The molecule has 1 aliphatic carbocycles. The van der Waals surface area contributed by atoms with Crippen LogP contribution in [0.15, 0.2) is 41.8 Å². The molecule has 2 aliphatic rings. The lowest BCUT2D eigenvalue weighted by molar-refractivity contribution is 0.00686. The van der Waals surface area contributed by atoms with Crippen LogP contribution >= 0.6 is 0 Å². The van der Waals surface area contributed by atoms with Crippen molar-refractivity contribution in [3.8, 4) is 11.6 Å². The van der Waals surface area contributed by atoms with E-state index in [1.54, 1.807) is 30.3 Å². The largest absolute Gasteiger partial charge is 0.438 e. The van der Waals surface area contributed by atoms with Crippen LogP contribution in [0.25, 0.3) is 0 Å². The van der Waals surface area contributed by atoms with Crippen LogP contribution in [0, 0.1) is 5.92 Å². The van der Waals surface area contributed by atoms with Crippen LogP contribution in [-0.4, -0.2) is 55.8 Å². The second kappa shape index (κ2) is 9.86. The Morgan fingerprint density at radius 1 is 1.23 bits per heavy atom. The van der Waals surface area contributed by atoms with E-state index in [1.165, 1.54) is 6.08 Å². The van der Waals surface area contributed by atoms with Crippen LogP contribution in [-0.2, 0) is 20.5 Å². The van der Waals surface area contributed by atoms with E-state index in [2.05, 4.69) is 20.6 Å². The third kappa shape index (κ3) is 6.73. The topological polar surface area (TPSA) is 120 Å². The Morgan fingerprint density at radius 2 is 1.91 bits per heavy atom. The number of aromatic nitrogens is 2. The normalized spacial score (nSPS) is 17.6. The Bertz CT molecular complexity index is 1210. The Hall–Kier alpha value is -3.12. The zero-order valence-corrected chi connectivity index (χ0v) is 20.0. The quantitative estimate of drug-likeness (QED) is 0.502. The molecule has 1 saturated carbocycles. The standard InChI is InChI=1S/C23H26F2N4O5S/c1-23(24,25)22-28-19(26-15-12-33-13-15)18(21(29-22)34-16-6-4-3-5-7-16)20(30)27-17(14-8-9-14)10-11-35(2,31)32/h3-7,10-11,14-15,17H,8-9,12-13H2,1-2H3,(H,27,30)(H,26,28,29)/b11-10+/t17-/m1/s1. The average molecular weight is 509 g/mol. The number of nitrogens with one attached hydrogen (secondary N) is 2. The summed E-state index contributed by atoms with van der Waals surface area (Å²) in [5, 5.41) is 6.81. The smallest absolute Gasteiger partial charge is 0.304 e. The van der Waals surface area contributed by atoms with E-state index < -0.39 is 33.5 Å².